The lowest BCUT2D eigenvalue weighted by Gasteiger charge is -2.10. The Hall–Kier alpha value is -1.39. The van der Waals surface area contributed by atoms with Gasteiger partial charge in [0.2, 0.25) is 5.91 Å². The lowest BCUT2D eigenvalue weighted by Crippen LogP contribution is -2.29. The van der Waals surface area contributed by atoms with Gasteiger partial charge in [-0.25, -0.2) is 0 Å². The van der Waals surface area contributed by atoms with E-state index in [1.807, 2.05) is 14.1 Å². The molecule has 1 aromatic rings. The summed E-state index contributed by atoms with van der Waals surface area (Å²) < 4.78 is 0. The molecule has 0 aliphatic carbocycles. The minimum atomic E-state index is 0.125. The van der Waals surface area contributed by atoms with Gasteiger partial charge in [0.25, 0.3) is 0 Å². The van der Waals surface area contributed by atoms with Gasteiger partial charge in [-0.15, -0.1) is 0 Å². The molecule has 0 spiro atoms. The molecule has 0 saturated heterocycles. The molecule has 0 fully saturated rings. The molecule has 0 bridgehead atoms. The average molecular weight is 277 g/mol. The van der Waals surface area contributed by atoms with Crippen molar-refractivity contribution in [2.24, 2.45) is 0 Å². The largest absolute Gasteiger partial charge is 0.356 e. The van der Waals surface area contributed by atoms with Gasteiger partial charge in [0.15, 0.2) is 0 Å². The molecular weight excluding hydrogens is 250 g/mol. The Morgan fingerprint density at radius 1 is 1.15 bits per heavy atom. The molecular formula is C16H27N3O. The van der Waals surface area contributed by atoms with E-state index in [0.29, 0.717) is 13.0 Å². The molecule has 0 heterocycles. The quantitative estimate of drug-likeness (QED) is 0.673. The number of nitrogens with zero attached hydrogens (tertiary/aromatic N) is 1. The summed E-state index contributed by atoms with van der Waals surface area (Å²) in [5.41, 5.74) is 2.52. The molecule has 20 heavy (non-hydrogen) atoms. The first kappa shape index (κ1) is 16.7. The Morgan fingerprint density at radius 2 is 1.85 bits per heavy atom. The normalized spacial score (nSPS) is 10.8. The lowest BCUT2D eigenvalue weighted by atomic mass is 10.1. The Labute approximate surface area is 122 Å². The van der Waals surface area contributed by atoms with Crippen LogP contribution < -0.4 is 10.6 Å². The molecule has 0 unspecified atom stereocenters. The van der Waals surface area contributed by atoms with Gasteiger partial charge in [-0.3, -0.25) is 4.79 Å². The van der Waals surface area contributed by atoms with Crippen LogP contribution in [0.15, 0.2) is 24.3 Å². The summed E-state index contributed by atoms with van der Waals surface area (Å²) in [7, 11) is 4.08. The predicted molar refractivity (Wildman–Crippen MR) is 83.7 cm³/mol. The van der Waals surface area contributed by atoms with Crippen LogP contribution >= 0.6 is 0 Å². The summed E-state index contributed by atoms with van der Waals surface area (Å²) in [6, 6.07) is 8.44. The topological polar surface area (TPSA) is 44.4 Å². The van der Waals surface area contributed by atoms with E-state index in [9.17, 15) is 4.79 Å². The fourth-order valence-corrected chi connectivity index (χ4v) is 1.85. The maximum atomic E-state index is 11.6. The molecule has 0 aromatic heterocycles. The first-order chi connectivity index (χ1) is 9.58. The van der Waals surface area contributed by atoms with Gasteiger partial charge in [-0.05, 0) is 39.5 Å². The third-order valence-corrected chi connectivity index (χ3v) is 3.08. The van der Waals surface area contributed by atoms with Gasteiger partial charge < -0.3 is 15.5 Å². The Kier molecular flexibility index (Phi) is 7.92. The summed E-state index contributed by atoms with van der Waals surface area (Å²) in [6.45, 7) is 5.38. The van der Waals surface area contributed by atoms with E-state index in [1.54, 1.807) is 0 Å². The number of carbonyl (C=O) groups excluding carboxylic acids is 1. The van der Waals surface area contributed by atoms with Crippen LogP contribution in [0.3, 0.4) is 0 Å². The monoisotopic (exact) mass is 277 g/mol. The zero-order valence-electron chi connectivity index (χ0n) is 12.9. The first-order valence-electron chi connectivity index (χ1n) is 7.25. The standard InChI is InChI=1S/C16H27N3O/c1-14-5-7-15(8-6-14)13-17-11-9-16(20)18-10-4-12-19(2)3/h5-8,17H,4,9-13H2,1-3H3,(H,18,20). The van der Waals surface area contributed by atoms with Crippen LogP contribution in [0.1, 0.15) is 24.0 Å². The Bertz CT molecular complexity index is 387. The van der Waals surface area contributed by atoms with Gasteiger partial charge in [-0.2, -0.15) is 0 Å². The van der Waals surface area contributed by atoms with E-state index >= 15 is 0 Å². The maximum absolute atomic E-state index is 11.6. The second-order valence-corrected chi connectivity index (χ2v) is 5.42. The summed E-state index contributed by atoms with van der Waals surface area (Å²) >= 11 is 0. The van der Waals surface area contributed by atoms with E-state index in [4.69, 9.17) is 0 Å². The molecule has 2 N–H and O–H groups in total. The molecule has 1 amide bonds. The minimum absolute atomic E-state index is 0.125. The number of rotatable bonds is 9. The summed E-state index contributed by atoms with van der Waals surface area (Å²) in [4.78, 5) is 13.7. The fourth-order valence-electron chi connectivity index (χ4n) is 1.85. The van der Waals surface area contributed by atoms with Gasteiger partial charge in [0, 0.05) is 26.1 Å². The molecule has 0 aliphatic heterocycles. The van der Waals surface area contributed by atoms with Crippen LogP contribution in [0.2, 0.25) is 0 Å². The van der Waals surface area contributed by atoms with Crippen molar-refractivity contribution in [3.05, 3.63) is 35.4 Å². The third-order valence-electron chi connectivity index (χ3n) is 3.08. The SMILES string of the molecule is Cc1ccc(CNCCC(=O)NCCCN(C)C)cc1. The summed E-state index contributed by atoms with van der Waals surface area (Å²) in [5, 5.41) is 6.23. The second kappa shape index (κ2) is 9.50. The number of hydrogen-bond acceptors (Lipinski definition) is 3. The molecule has 1 aromatic carbocycles. The molecule has 0 saturated carbocycles. The highest BCUT2D eigenvalue weighted by Crippen LogP contribution is 2.02. The molecule has 0 aliphatic rings. The highest BCUT2D eigenvalue weighted by molar-refractivity contribution is 5.75. The van der Waals surface area contributed by atoms with E-state index in [0.717, 1.165) is 26.1 Å². The lowest BCUT2D eigenvalue weighted by molar-refractivity contribution is -0.121. The zero-order chi connectivity index (χ0) is 14.8. The van der Waals surface area contributed by atoms with Crippen LogP contribution in [-0.4, -0.2) is 44.5 Å². The van der Waals surface area contributed by atoms with Crippen molar-refractivity contribution in [2.75, 3.05) is 33.7 Å². The van der Waals surface area contributed by atoms with Crippen molar-refractivity contribution in [2.45, 2.75) is 26.3 Å². The number of benzene rings is 1. The van der Waals surface area contributed by atoms with Crippen LogP contribution in [0.25, 0.3) is 0 Å². The van der Waals surface area contributed by atoms with Crippen LogP contribution in [0.5, 0.6) is 0 Å². The van der Waals surface area contributed by atoms with Crippen molar-refractivity contribution >= 4 is 5.91 Å². The molecule has 112 valence electrons. The Balaban J connectivity index is 2.03. The highest BCUT2D eigenvalue weighted by Gasteiger charge is 2.00. The number of aryl methyl sites for hydroxylation is 1. The van der Waals surface area contributed by atoms with Crippen molar-refractivity contribution in [3.8, 4) is 0 Å². The second-order valence-electron chi connectivity index (χ2n) is 5.42. The Morgan fingerprint density at radius 3 is 2.50 bits per heavy atom. The maximum Gasteiger partial charge on any atom is 0.221 e. The molecule has 4 nitrogen and oxygen atoms in total. The third kappa shape index (κ3) is 7.92. The molecule has 0 atom stereocenters. The van der Waals surface area contributed by atoms with Crippen LogP contribution in [0.4, 0.5) is 0 Å². The predicted octanol–water partition coefficient (Wildman–Crippen LogP) is 1.54. The molecule has 0 radical (unpaired) electrons. The van der Waals surface area contributed by atoms with Crippen molar-refractivity contribution in [3.63, 3.8) is 0 Å². The fraction of sp³-hybridized carbons (Fsp3) is 0.562. The number of carbonyl (C=O) groups is 1. The van der Waals surface area contributed by atoms with Crippen molar-refractivity contribution in [1.29, 1.82) is 0 Å². The smallest absolute Gasteiger partial charge is 0.221 e. The number of hydrogen-bond donors (Lipinski definition) is 2. The van der Waals surface area contributed by atoms with Crippen LogP contribution in [-0.2, 0) is 11.3 Å². The number of nitrogens with one attached hydrogen (secondary N) is 2. The number of amides is 1. The van der Waals surface area contributed by atoms with Gasteiger partial charge >= 0.3 is 0 Å². The first-order valence-corrected chi connectivity index (χ1v) is 7.25. The van der Waals surface area contributed by atoms with Gasteiger partial charge in [-0.1, -0.05) is 29.8 Å². The summed E-state index contributed by atoms with van der Waals surface area (Å²) in [6.07, 6.45) is 1.53. The van der Waals surface area contributed by atoms with Gasteiger partial charge in [0.05, 0.1) is 0 Å². The van der Waals surface area contributed by atoms with Crippen molar-refractivity contribution < 1.29 is 4.79 Å². The highest BCUT2D eigenvalue weighted by atomic mass is 16.1. The minimum Gasteiger partial charge on any atom is -0.356 e. The van der Waals surface area contributed by atoms with E-state index in [2.05, 4.69) is 46.7 Å². The van der Waals surface area contributed by atoms with Crippen molar-refractivity contribution in [1.82, 2.24) is 15.5 Å². The van der Waals surface area contributed by atoms with E-state index in [-0.39, 0.29) is 5.91 Å². The summed E-state index contributed by atoms with van der Waals surface area (Å²) in [5.74, 6) is 0.125. The molecule has 1 rings (SSSR count). The van der Waals surface area contributed by atoms with E-state index < -0.39 is 0 Å². The molecule has 4 heteroatoms. The zero-order valence-corrected chi connectivity index (χ0v) is 12.9. The van der Waals surface area contributed by atoms with Crippen LogP contribution in [0, 0.1) is 6.92 Å². The average Bonchev–Trinajstić information content (AvgIpc) is 2.41. The van der Waals surface area contributed by atoms with Gasteiger partial charge in [0.1, 0.15) is 0 Å². The van der Waals surface area contributed by atoms with E-state index in [1.165, 1.54) is 11.1 Å².